The molecule has 108 valence electrons. The van der Waals surface area contributed by atoms with Crippen molar-refractivity contribution in [3.05, 3.63) is 54.1 Å². The molecule has 0 aliphatic heterocycles. The van der Waals surface area contributed by atoms with Gasteiger partial charge in [0.05, 0.1) is 12.7 Å². The molecule has 6 nitrogen and oxygen atoms in total. The largest absolute Gasteiger partial charge is 0.453 e. The third kappa shape index (κ3) is 3.73. The molecule has 0 spiro atoms. The molecule has 2 aromatic carbocycles. The molecule has 0 fully saturated rings. The van der Waals surface area contributed by atoms with Crippen LogP contribution < -0.4 is 16.4 Å². The Kier molecular flexibility index (Phi) is 4.40. The van der Waals surface area contributed by atoms with Crippen LogP contribution in [0.3, 0.4) is 0 Å². The van der Waals surface area contributed by atoms with E-state index in [1.54, 1.807) is 48.5 Å². The van der Waals surface area contributed by atoms with Crippen molar-refractivity contribution in [1.29, 1.82) is 0 Å². The molecule has 0 aliphatic carbocycles. The monoisotopic (exact) mass is 285 g/mol. The van der Waals surface area contributed by atoms with E-state index in [1.165, 1.54) is 7.11 Å². The van der Waals surface area contributed by atoms with Crippen molar-refractivity contribution < 1.29 is 14.3 Å². The number of hydrogen-bond donors (Lipinski definition) is 3. The average molecular weight is 285 g/mol. The van der Waals surface area contributed by atoms with Crippen LogP contribution in [0.15, 0.2) is 48.5 Å². The number of anilines is 3. The van der Waals surface area contributed by atoms with Crippen molar-refractivity contribution in [2.45, 2.75) is 0 Å². The van der Waals surface area contributed by atoms with Crippen molar-refractivity contribution >= 4 is 29.1 Å². The minimum atomic E-state index is -0.578. The summed E-state index contributed by atoms with van der Waals surface area (Å²) < 4.78 is 4.51. The van der Waals surface area contributed by atoms with Gasteiger partial charge in [0.2, 0.25) is 0 Å². The zero-order valence-corrected chi connectivity index (χ0v) is 11.4. The number of nitrogens with two attached hydrogens (primary N) is 1. The fourth-order valence-corrected chi connectivity index (χ4v) is 1.75. The highest BCUT2D eigenvalue weighted by atomic mass is 16.5. The third-order valence-corrected chi connectivity index (χ3v) is 2.76. The van der Waals surface area contributed by atoms with Crippen LogP contribution >= 0.6 is 0 Å². The maximum Gasteiger partial charge on any atom is 0.411 e. The standard InChI is InChI=1S/C15H15N3O3/c1-21-15(20)18-11-6-4-5-10(9-11)17-14(19)12-7-2-3-8-13(12)16/h2-9H,16H2,1H3,(H,17,19)(H,18,20). The molecule has 0 heterocycles. The highest BCUT2D eigenvalue weighted by Gasteiger charge is 2.09. The first kappa shape index (κ1) is 14.4. The molecule has 0 atom stereocenters. The number of hydrogen-bond acceptors (Lipinski definition) is 4. The molecule has 0 saturated heterocycles. The van der Waals surface area contributed by atoms with Crippen molar-refractivity contribution in [3.8, 4) is 0 Å². The first-order chi connectivity index (χ1) is 10.1. The summed E-state index contributed by atoms with van der Waals surface area (Å²) >= 11 is 0. The normalized spacial score (nSPS) is 9.76. The summed E-state index contributed by atoms with van der Waals surface area (Å²) in [7, 11) is 1.28. The average Bonchev–Trinajstić information content (AvgIpc) is 2.47. The van der Waals surface area contributed by atoms with Crippen LogP contribution in [0.2, 0.25) is 0 Å². The lowest BCUT2D eigenvalue weighted by Gasteiger charge is -2.09. The van der Waals surface area contributed by atoms with Crippen LogP contribution in [0.4, 0.5) is 21.9 Å². The lowest BCUT2D eigenvalue weighted by atomic mass is 10.1. The number of ether oxygens (including phenoxy) is 1. The van der Waals surface area contributed by atoms with Gasteiger partial charge in [0.15, 0.2) is 0 Å². The zero-order chi connectivity index (χ0) is 15.2. The van der Waals surface area contributed by atoms with Crippen molar-refractivity contribution in [1.82, 2.24) is 0 Å². The minimum Gasteiger partial charge on any atom is -0.453 e. The number of methoxy groups -OCH3 is 1. The van der Waals surface area contributed by atoms with Gasteiger partial charge in [0.1, 0.15) is 0 Å². The lowest BCUT2D eigenvalue weighted by Crippen LogP contribution is -2.14. The number of nitrogens with one attached hydrogen (secondary N) is 2. The number of carbonyl (C=O) groups excluding carboxylic acids is 2. The van der Waals surface area contributed by atoms with Crippen molar-refractivity contribution in [3.63, 3.8) is 0 Å². The molecule has 0 saturated carbocycles. The highest BCUT2D eigenvalue weighted by molar-refractivity contribution is 6.07. The highest BCUT2D eigenvalue weighted by Crippen LogP contribution is 2.18. The van der Waals surface area contributed by atoms with E-state index in [0.717, 1.165) is 0 Å². The van der Waals surface area contributed by atoms with Crippen molar-refractivity contribution in [2.75, 3.05) is 23.5 Å². The Labute approximate surface area is 121 Å². The maximum atomic E-state index is 12.1. The number of amides is 2. The van der Waals surface area contributed by atoms with E-state index in [4.69, 9.17) is 5.73 Å². The zero-order valence-electron chi connectivity index (χ0n) is 11.4. The smallest absolute Gasteiger partial charge is 0.411 e. The van der Waals surface area contributed by atoms with Gasteiger partial charge in [-0.15, -0.1) is 0 Å². The van der Waals surface area contributed by atoms with Gasteiger partial charge in [-0.25, -0.2) is 4.79 Å². The molecule has 2 rings (SSSR count). The SMILES string of the molecule is COC(=O)Nc1cccc(NC(=O)c2ccccc2N)c1. The summed E-state index contributed by atoms with van der Waals surface area (Å²) in [6.45, 7) is 0. The Bertz CT molecular complexity index is 671. The van der Waals surface area contributed by atoms with Crippen LogP contribution in [0.5, 0.6) is 0 Å². The summed E-state index contributed by atoms with van der Waals surface area (Å²) in [5.74, 6) is -0.316. The van der Waals surface area contributed by atoms with Gasteiger partial charge in [-0.1, -0.05) is 18.2 Å². The predicted octanol–water partition coefficient (Wildman–Crippen LogP) is 2.70. The van der Waals surface area contributed by atoms with Gasteiger partial charge in [-0.2, -0.15) is 0 Å². The van der Waals surface area contributed by atoms with Gasteiger partial charge >= 0.3 is 6.09 Å². The molecule has 0 aliphatic rings. The summed E-state index contributed by atoms with van der Waals surface area (Å²) in [5.41, 5.74) is 7.60. The Balaban J connectivity index is 2.13. The van der Waals surface area contributed by atoms with Crippen LogP contribution in [-0.2, 0) is 4.74 Å². The minimum absolute atomic E-state index is 0.316. The number of benzene rings is 2. The van der Waals surface area contributed by atoms with E-state index >= 15 is 0 Å². The van der Waals surface area contributed by atoms with Crippen molar-refractivity contribution in [2.24, 2.45) is 0 Å². The quantitative estimate of drug-likeness (QED) is 0.756. The third-order valence-electron chi connectivity index (χ3n) is 2.76. The van der Waals surface area contributed by atoms with Gasteiger partial charge in [-0.05, 0) is 30.3 Å². The van der Waals surface area contributed by atoms with Crippen LogP contribution in [0.1, 0.15) is 10.4 Å². The molecule has 21 heavy (non-hydrogen) atoms. The summed E-state index contributed by atoms with van der Waals surface area (Å²) in [5, 5.41) is 5.24. The van der Waals surface area contributed by atoms with Gasteiger partial charge in [0, 0.05) is 17.1 Å². The second-order valence-electron chi connectivity index (χ2n) is 4.24. The summed E-state index contributed by atoms with van der Waals surface area (Å²) in [4.78, 5) is 23.3. The second-order valence-corrected chi connectivity index (χ2v) is 4.24. The Morgan fingerprint density at radius 2 is 1.67 bits per heavy atom. The van der Waals surface area contributed by atoms with Gasteiger partial charge in [-0.3, -0.25) is 10.1 Å². The second kappa shape index (κ2) is 6.42. The molecule has 0 unspecified atom stereocenters. The Hall–Kier alpha value is -3.02. The molecule has 6 heteroatoms. The number of rotatable bonds is 3. The summed E-state index contributed by atoms with van der Waals surface area (Å²) in [6.07, 6.45) is -0.578. The molecule has 2 amide bonds. The first-order valence-electron chi connectivity index (χ1n) is 6.21. The first-order valence-corrected chi connectivity index (χ1v) is 6.21. The molecule has 0 bridgehead atoms. The van der Waals surface area contributed by atoms with Gasteiger partial charge < -0.3 is 15.8 Å². The number of para-hydroxylation sites is 1. The molecular formula is C15H15N3O3. The van der Waals surface area contributed by atoms with Crippen LogP contribution in [0.25, 0.3) is 0 Å². The van der Waals surface area contributed by atoms with Gasteiger partial charge in [0.25, 0.3) is 5.91 Å². The van der Waals surface area contributed by atoms with E-state index in [9.17, 15) is 9.59 Å². The molecule has 4 N–H and O–H groups in total. The Morgan fingerprint density at radius 1 is 1.00 bits per heavy atom. The molecule has 0 aromatic heterocycles. The fraction of sp³-hybridized carbons (Fsp3) is 0.0667. The lowest BCUT2D eigenvalue weighted by molar-refractivity contribution is 0.102. The topological polar surface area (TPSA) is 93.5 Å². The number of nitrogen functional groups attached to an aromatic ring is 1. The van der Waals surface area contributed by atoms with Crippen LogP contribution in [0, 0.1) is 0 Å². The van der Waals surface area contributed by atoms with E-state index in [0.29, 0.717) is 22.6 Å². The van der Waals surface area contributed by atoms with E-state index in [2.05, 4.69) is 15.4 Å². The van der Waals surface area contributed by atoms with E-state index < -0.39 is 6.09 Å². The van der Waals surface area contributed by atoms with E-state index in [1.807, 2.05) is 0 Å². The maximum absolute atomic E-state index is 12.1. The fourth-order valence-electron chi connectivity index (χ4n) is 1.75. The molecule has 0 radical (unpaired) electrons. The molecule has 2 aromatic rings. The predicted molar refractivity (Wildman–Crippen MR) is 81.3 cm³/mol. The van der Waals surface area contributed by atoms with Crippen LogP contribution in [-0.4, -0.2) is 19.1 Å². The number of carbonyl (C=O) groups is 2. The van der Waals surface area contributed by atoms with E-state index in [-0.39, 0.29) is 5.91 Å². The Morgan fingerprint density at radius 3 is 2.33 bits per heavy atom. The summed E-state index contributed by atoms with van der Waals surface area (Å²) in [6, 6.07) is 13.5. The molecular weight excluding hydrogens is 270 g/mol.